The summed E-state index contributed by atoms with van der Waals surface area (Å²) in [6, 6.07) is 3.54. The number of carbonyl (C=O) groups excluding carboxylic acids is 3. The standard InChI is InChI=1S/C19H22BrNO6S/c1-5-11(3)27-17-13(20)7-12(8-14(17)26-6-2)9-15-18(23)21(19(24)28-15)10-16(22)25-4/h7-9,11H,5-6,10H2,1-4H3. The minimum absolute atomic E-state index is 0.0103. The number of thioether (sulfide) groups is 1. The Morgan fingerprint density at radius 1 is 1.32 bits per heavy atom. The lowest BCUT2D eigenvalue weighted by Gasteiger charge is -2.18. The molecular formula is C19H22BrNO6S. The maximum Gasteiger partial charge on any atom is 0.325 e. The third kappa shape index (κ3) is 5.29. The first-order valence-electron chi connectivity index (χ1n) is 8.75. The molecule has 1 aromatic carbocycles. The van der Waals surface area contributed by atoms with Crippen LogP contribution in [0, 0.1) is 0 Å². The van der Waals surface area contributed by atoms with Crippen molar-refractivity contribution >= 4 is 50.9 Å². The highest BCUT2D eigenvalue weighted by Crippen LogP contribution is 2.40. The van der Waals surface area contributed by atoms with Crippen molar-refractivity contribution in [3.63, 3.8) is 0 Å². The van der Waals surface area contributed by atoms with Gasteiger partial charge in [-0.3, -0.25) is 19.3 Å². The summed E-state index contributed by atoms with van der Waals surface area (Å²) in [5.74, 6) is -0.0600. The van der Waals surface area contributed by atoms with Crippen LogP contribution in [0.1, 0.15) is 32.8 Å². The molecule has 0 radical (unpaired) electrons. The van der Waals surface area contributed by atoms with E-state index >= 15 is 0 Å². The van der Waals surface area contributed by atoms with Crippen LogP contribution in [0.2, 0.25) is 0 Å². The summed E-state index contributed by atoms with van der Waals surface area (Å²) in [4.78, 5) is 37.0. The highest BCUT2D eigenvalue weighted by atomic mass is 79.9. The molecule has 2 amide bonds. The number of carbonyl (C=O) groups is 3. The largest absolute Gasteiger partial charge is 0.490 e. The molecule has 0 spiro atoms. The zero-order chi connectivity index (χ0) is 20.8. The zero-order valence-electron chi connectivity index (χ0n) is 16.1. The summed E-state index contributed by atoms with van der Waals surface area (Å²) < 4.78 is 16.8. The second-order valence-electron chi connectivity index (χ2n) is 5.94. The molecule has 1 unspecified atom stereocenters. The maximum atomic E-state index is 12.5. The molecule has 1 saturated heterocycles. The van der Waals surface area contributed by atoms with Gasteiger partial charge in [-0.05, 0) is 71.7 Å². The van der Waals surface area contributed by atoms with Gasteiger partial charge in [0.1, 0.15) is 6.54 Å². The first-order chi connectivity index (χ1) is 13.3. The van der Waals surface area contributed by atoms with Crippen molar-refractivity contribution in [3.8, 4) is 11.5 Å². The van der Waals surface area contributed by atoms with Crippen molar-refractivity contribution in [1.82, 2.24) is 4.90 Å². The Labute approximate surface area is 176 Å². The van der Waals surface area contributed by atoms with E-state index in [4.69, 9.17) is 9.47 Å². The summed E-state index contributed by atoms with van der Waals surface area (Å²) in [5, 5.41) is -0.512. The van der Waals surface area contributed by atoms with Crippen LogP contribution in [0.3, 0.4) is 0 Å². The van der Waals surface area contributed by atoms with Crippen LogP contribution in [-0.2, 0) is 14.3 Å². The molecule has 0 aromatic heterocycles. The zero-order valence-corrected chi connectivity index (χ0v) is 18.5. The summed E-state index contributed by atoms with van der Waals surface area (Å²) in [6.07, 6.45) is 2.44. The Kier molecular flexibility index (Phi) is 7.94. The SMILES string of the molecule is CCOc1cc(C=C2SC(=O)N(CC(=O)OC)C2=O)cc(Br)c1OC(C)CC. The molecule has 0 saturated carbocycles. The number of rotatable bonds is 8. The summed E-state index contributed by atoms with van der Waals surface area (Å²) in [5.41, 5.74) is 0.662. The third-order valence-corrected chi connectivity index (χ3v) is 5.41. The number of benzene rings is 1. The van der Waals surface area contributed by atoms with Gasteiger partial charge in [-0.15, -0.1) is 0 Å². The van der Waals surface area contributed by atoms with E-state index in [1.54, 1.807) is 18.2 Å². The minimum Gasteiger partial charge on any atom is -0.490 e. The van der Waals surface area contributed by atoms with Gasteiger partial charge in [0.15, 0.2) is 11.5 Å². The maximum absolute atomic E-state index is 12.5. The molecule has 1 aliphatic rings. The lowest BCUT2D eigenvalue weighted by molar-refractivity contribution is -0.143. The molecule has 1 aromatic rings. The van der Waals surface area contributed by atoms with Crippen molar-refractivity contribution in [2.24, 2.45) is 0 Å². The lowest BCUT2D eigenvalue weighted by Crippen LogP contribution is -2.34. The molecule has 1 aliphatic heterocycles. The van der Waals surface area contributed by atoms with Gasteiger partial charge in [0.25, 0.3) is 11.1 Å². The van der Waals surface area contributed by atoms with E-state index in [1.807, 2.05) is 20.8 Å². The summed E-state index contributed by atoms with van der Waals surface area (Å²) in [6.45, 7) is 5.90. The first kappa shape index (κ1) is 22.3. The van der Waals surface area contributed by atoms with Crippen molar-refractivity contribution in [2.45, 2.75) is 33.3 Å². The Morgan fingerprint density at radius 2 is 2.04 bits per heavy atom. The fourth-order valence-corrected chi connectivity index (χ4v) is 3.71. The van der Waals surface area contributed by atoms with Crippen LogP contribution in [0.15, 0.2) is 21.5 Å². The number of hydrogen-bond acceptors (Lipinski definition) is 7. The predicted octanol–water partition coefficient (Wildman–Crippen LogP) is 4.23. The quantitative estimate of drug-likeness (QED) is 0.414. The van der Waals surface area contributed by atoms with E-state index in [-0.39, 0.29) is 11.0 Å². The summed E-state index contributed by atoms with van der Waals surface area (Å²) in [7, 11) is 1.20. The highest BCUT2D eigenvalue weighted by Gasteiger charge is 2.36. The number of hydrogen-bond donors (Lipinski definition) is 0. The Balaban J connectivity index is 2.33. The van der Waals surface area contributed by atoms with Crippen molar-refractivity contribution < 1.29 is 28.6 Å². The monoisotopic (exact) mass is 471 g/mol. The molecule has 0 aliphatic carbocycles. The van der Waals surface area contributed by atoms with Gasteiger partial charge < -0.3 is 14.2 Å². The van der Waals surface area contributed by atoms with Crippen LogP contribution in [0.5, 0.6) is 11.5 Å². The van der Waals surface area contributed by atoms with Crippen LogP contribution in [0.25, 0.3) is 6.08 Å². The topological polar surface area (TPSA) is 82.1 Å². The number of methoxy groups -OCH3 is 1. The van der Waals surface area contributed by atoms with E-state index in [0.717, 1.165) is 23.1 Å². The van der Waals surface area contributed by atoms with Gasteiger partial charge in [0, 0.05) is 0 Å². The molecule has 1 heterocycles. The van der Waals surface area contributed by atoms with E-state index < -0.39 is 23.7 Å². The number of esters is 1. The van der Waals surface area contributed by atoms with Crippen LogP contribution in [-0.4, -0.2) is 48.4 Å². The number of imide groups is 1. The van der Waals surface area contributed by atoms with E-state index in [1.165, 1.54) is 7.11 Å². The van der Waals surface area contributed by atoms with Crippen molar-refractivity contribution in [2.75, 3.05) is 20.3 Å². The third-order valence-electron chi connectivity index (χ3n) is 3.91. The molecule has 152 valence electrons. The van der Waals surface area contributed by atoms with Gasteiger partial charge in [0.05, 0.1) is 29.2 Å². The Morgan fingerprint density at radius 3 is 2.64 bits per heavy atom. The average molecular weight is 472 g/mol. The highest BCUT2D eigenvalue weighted by molar-refractivity contribution is 9.10. The van der Waals surface area contributed by atoms with Gasteiger partial charge in [-0.25, -0.2) is 0 Å². The fourth-order valence-electron chi connectivity index (χ4n) is 2.31. The average Bonchev–Trinajstić information content (AvgIpc) is 2.91. The first-order valence-corrected chi connectivity index (χ1v) is 10.4. The molecule has 0 N–H and O–H groups in total. The van der Waals surface area contributed by atoms with Gasteiger partial charge in [-0.2, -0.15) is 0 Å². The van der Waals surface area contributed by atoms with Gasteiger partial charge >= 0.3 is 5.97 Å². The predicted molar refractivity (Wildman–Crippen MR) is 110 cm³/mol. The van der Waals surface area contributed by atoms with E-state index in [9.17, 15) is 14.4 Å². The number of amides is 2. The fraction of sp³-hybridized carbons (Fsp3) is 0.421. The van der Waals surface area contributed by atoms with Crippen LogP contribution in [0.4, 0.5) is 4.79 Å². The lowest BCUT2D eigenvalue weighted by atomic mass is 10.1. The van der Waals surface area contributed by atoms with E-state index in [0.29, 0.717) is 28.1 Å². The number of halogens is 1. The van der Waals surface area contributed by atoms with Gasteiger partial charge in [-0.1, -0.05) is 6.92 Å². The molecule has 28 heavy (non-hydrogen) atoms. The van der Waals surface area contributed by atoms with Crippen molar-refractivity contribution in [3.05, 3.63) is 27.1 Å². The van der Waals surface area contributed by atoms with Gasteiger partial charge in [0.2, 0.25) is 0 Å². The molecule has 7 nitrogen and oxygen atoms in total. The molecular weight excluding hydrogens is 450 g/mol. The smallest absolute Gasteiger partial charge is 0.325 e. The Hall–Kier alpha value is -2.00. The number of nitrogens with zero attached hydrogens (tertiary/aromatic N) is 1. The molecule has 2 rings (SSSR count). The number of ether oxygens (including phenoxy) is 3. The second-order valence-corrected chi connectivity index (χ2v) is 7.79. The molecule has 9 heteroatoms. The minimum atomic E-state index is -0.656. The second kappa shape index (κ2) is 9.97. The van der Waals surface area contributed by atoms with Crippen LogP contribution < -0.4 is 9.47 Å². The van der Waals surface area contributed by atoms with E-state index in [2.05, 4.69) is 20.7 Å². The molecule has 1 fully saturated rings. The summed E-state index contributed by atoms with van der Waals surface area (Å²) >= 11 is 4.27. The normalized spacial score (nSPS) is 16.5. The Bertz CT molecular complexity index is 810. The molecule has 1 atom stereocenters. The van der Waals surface area contributed by atoms with Crippen molar-refractivity contribution in [1.29, 1.82) is 0 Å². The molecule has 0 bridgehead atoms. The van der Waals surface area contributed by atoms with Crippen LogP contribution >= 0.6 is 27.7 Å².